The Balaban J connectivity index is 1.79. The van der Waals surface area contributed by atoms with E-state index >= 15 is 0 Å². The monoisotopic (exact) mass is 386 g/mol. The number of nitrogens with zero attached hydrogens (tertiary/aromatic N) is 5. The Hall–Kier alpha value is -3.79. The maximum Gasteiger partial charge on any atom is 0.164 e. The van der Waals surface area contributed by atoms with Gasteiger partial charge in [-0.3, -0.25) is 0 Å². The van der Waals surface area contributed by atoms with Gasteiger partial charge >= 0.3 is 0 Å². The molecule has 0 saturated heterocycles. The lowest BCUT2D eigenvalue weighted by molar-refractivity contribution is 0.627. The second kappa shape index (κ2) is 7.68. The van der Waals surface area contributed by atoms with E-state index in [1.807, 2.05) is 26.1 Å². The van der Waals surface area contributed by atoms with E-state index in [4.69, 9.17) is 15.2 Å². The molecular formula is C22H19FN6. The molecule has 0 fully saturated rings. The van der Waals surface area contributed by atoms with Crippen LogP contribution in [0.1, 0.15) is 23.7 Å². The van der Waals surface area contributed by atoms with E-state index in [1.165, 1.54) is 12.1 Å². The number of hydrogen-bond acceptors (Lipinski definition) is 5. The first-order valence-corrected chi connectivity index (χ1v) is 9.31. The van der Waals surface area contributed by atoms with Crippen molar-refractivity contribution in [1.29, 1.82) is 5.26 Å². The lowest BCUT2D eigenvalue weighted by Gasteiger charge is -2.10. The van der Waals surface area contributed by atoms with Crippen LogP contribution in [-0.2, 0) is 20.0 Å². The van der Waals surface area contributed by atoms with Crippen LogP contribution >= 0.6 is 0 Å². The minimum Gasteiger partial charge on any atom is -0.365 e. The zero-order valence-corrected chi connectivity index (χ0v) is 16.1. The van der Waals surface area contributed by atoms with Gasteiger partial charge in [0.15, 0.2) is 11.5 Å². The first-order chi connectivity index (χ1) is 14.1. The summed E-state index contributed by atoms with van der Waals surface area (Å²) in [5.41, 5.74) is 3.99. The van der Waals surface area contributed by atoms with E-state index in [9.17, 15) is 4.39 Å². The molecule has 0 aliphatic carbocycles. The fourth-order valence-corrected chi connectivity index (χ4v) is 3.21. The van der Waals surface area contributed by atoms with Gasteiger partial charge in [0.25, 0.3) is 0 Å². The van der Waals surface area contributed by atoms with Gasteiger partial charge in [0.05, 0.1) is 22.7 Å². The van der Waals surface area contributed by atoms with E-state index in [2.05, 4.69) is 16.5 Å². The molecule has 0 saturated carbocycles. The molecule has 0 amide bonds. The fourth-order valence-electron chi connectivity index (χ4n) is 3.21. The number of anilines is 1. The zero-order valence-electron chi connectivity index (χ0n) is 16.1. The molecule has 4 rings (SSSR count). The molecule has 2 aromatic carbocycles. The number of nitrogens with one attached hydrogen (secondary N) is 1. The molecule has 144 valence electrons. The van der Waals surface area contributed by atoms with E-state index in [0.29, 0.717) is 23.8 Å². The topological polar surface area (TPSA) is 79.4 Å². The van der Waals surface area contributed by atoms with Crippen molar-refractivity contribution >= 4 is 16.9 Å². The van der Waals surface area contributed by atoms with Crippen molar-refractivity contribution < 1.29 is 4.39 Å². The third-order valence-corrected chi connectivity index (χ3v) is 4.74. The lowest BCUT2D eigenvalue weighted by atomic mass is 10.1. The molecule has 0 radical (unpaired) electrons. The molecule has 0 aliphatic heterocycles. The van der Waals surface area contributed by atoms with Gasteiger partial charge in [-0.05, 0) is 48.4 Å². The molecule has 0 spiro atoms. The third kappa shape index (κ3) is 3.65. The molecule has 6 nitrogen and oxygen atoms in total. The number of benzene rings is 2. The minimum absolute atomic E-state index is 0.262. The van der Waals surface area contributed by atoms with Crippen LogP contribution in [0.15, 0.2) is 48.5 Å². The molecule has 0 atom stereocenters. The smallest absolute Gasteiger partial charge is 0.164 e. The predicted octanol–water partition coefficient (Wildman–Crippen LogP) is 4.22. The maximum atomic E-state index is 13.2. The molecule has 0 aliphatic rings. The zero-order chi connectivity index (χ0) is 20.4. The molecule has 0 unspecified atom stereocenters. The maximum absolute atomic E-state index is 13.2. The summed E-state index contributed by atoms with van der Waals surface area (Å²) in [4.78, 5) is 9.46. The van der Waals surface area contributed by atoms with E-state index < -0.39 is 0 Å². The van der Waals surface area contributed by atoms with Crippen molar-refractivity contribution in [2.75, 3.05) is 5.32 Å². The summed E-state index contributed by atoms with van der Waals surface area (Å²) in [6, 6.07) is 15.6. The van der Waals surface area contributed by atoms with Gasteiger partial charge in [-0.2, -0.15) is 10.4 Å². The van der Waals surface area contributed by atoms with E-state index in [1.54, 1.807) is 28.9 Å². The van der Waals surface area contributed by atoms with Crippen molar-refractivity contribution in [2.45, 2.75) is 19.9 Å². The van der Waals surface area contributed by atoms with Crippen molar-refractivity contribution in [3.05, 3.63) is 71.2 Å². The number of aromatic nitrogens is 4. The minimum atomic E-state index is -0.262. The van der Waals surface area contributed by atoms with Crippen molar-refractivity contribution in [3.8, 4) is 17.5 Å². The molecule has 4 aromatic rings. The van der Waals surface area contributed by atoms with Crippen LogP contribution in [0.2, 0.25) is 0 Å². The Morgan fingerprint density at radius 3 is 2.45 bits per heavy atom. The largest absolute Gasteiger partial charge is 0.365 e. The highest BCUT2D eigenvalue weighted by atomic mass is 19.1. The average Bonchev–Trinajstić information content (AvgIpc) is 3.09. The molecule has 1 N–H and O–H groups in total. The number of nitriles is 1. The van der Waals surface area contributed by atoms with E-state index in [-0.39, 0.29) is 5.82 Å². The summed E-state index contributed by atoms with van der Waals surface area (Å²) in [5, 5.41) is 17.8. The lowest BCUT2D eigenvalue weighted by Crippen LogP contribution is -2.05. The first-order valence-electron chi connectivity index (χ1n) is 9.31. The summed E-state index contributed by atoms with van der Waals surface area (Å²) < 4.78 is 14.9. The Morgan fingerprint density at radius 1 is 1.07 bits per heavy atom. The summed E-state index contributed by atoms with van der Waals surface area (Å²) in [6.07, 6.45) is 0.752. The van der Waals surface area contributed by atoms with Crippen LogP contribution in [-0.4, -0.2) is 19.7 Å². The van der Waals surface area contributed by atoms with Gasteiger partial charge in [0.1, 0.15) is 11.6 Å². The van der Waals surface area contributed by atoms with Gasteiger partial charge in [0, 0.05) is 19.2 Å². The summed E-state index contributed by atoms with van der Waals surface area (Å²) in [7, 11) is 1.86. The highest BCUT2D eigenvalue weighted by Gasteiger charge is 2.17. The Labute approximate surface area is 167 Å². The standard InChI is InChI=1S/C22H19FN6/c1-3-18-19-21(25-13-15-6-10-17(23)11-7-15)26-20(27-22(19)29(2)28-18)16-8-4-14(12-24)5-9-16/h4-11H,3,13H2,1-2H3,(H,25,26,27). The quantitative estimate of drug-likeness (QED) is 0.556. The van der Waals surface area contributed by atoms with Gasteiger partial charge < -0.3 is 5.32 Å². The van der Waals surface area contributed by atoms with Gasteiger partial charge in [-0.1, -0.05) is 19.1 Å². The Kier molecular flexibility index (Phi) is 4.92. The Morgan fingerprint density at radius 2 is 1.79 bits per heavy atom. The van der Waals surface area contributed by atoms with Crippen molar-refractivity contribution in [1.82, 2.24) is 19.7 Å². The second-order valence-electron chi connectivity index (χ2n) is 6.69. The van der Waals surface area contributed by atoms with Crippen LogP contribution < -0.4 is 5.32 Å². The number of hydrogen-bond donors (Lipinski definition) is 1. The van der Waals surface area contributed by atoms with Crippen LogP contribution in [0.4, 0.5) is 10.2 Å². The molecule has 7 heteroatoms. The Bertz CT molecular complexity index is 1200. The highest BCUT2D eigenvalue weighted by Crippen LogP contribution is 2.28. The normalized spacial score (nSPS) is 10.8. The van der Waals surface area contributed by atoms with Crippen LogP contribution in [0, 0.1) is 17.1 Å². The van der Waals surface area contributed by atoms with Crippen LogP contribution in [0.5, 0.6) is 0 Å². The van der Waals surface area contributed by atoms with Gasteiger partial charge in [0.2, 0.25) is 0 Å². The number of aryl methyl sites for hydroxylation is 2. The molecule has 2 aromatic heterocycles. The number of halogens is 1. The predicted molar refractivity (Wildman–Crippen MR) is 110 cm³/mol. The first kappa shape index (κ1) is 18.6. The van der Waals surface area contributed by atoms with Crippen molar-refractivity contribution in [3.63, 3.8) is 0 Å². The molecule has 0 bridgehead atoms. The second-order valence-corrected chi connectivity index (χ2v) is 6.69. The van der Waals surface area contributed by atoms with Crippen LogP contribution in [0.25, 0.3) is 22.4 Å². The molecular weight excluding hydrogens is 367 g/mol. The van der Waals surface area contributed by atoms with E-state index in [0.717, 1.165) is 34.3 Å². The molecule has 2 heterocycles. The van der Waals surface area contributed by atoms with Crippen LogP contribution in [0.3, 0.4) is 0 Å². The third-order valence-electron chi connectivity index (χ3n) is 4.74. The highest BCUT2D eigenvalue weighted by molar-refractivity contribution is 5.91. The summed E-state index contributed by atoms with van der Waals surface area (Å²) in [6.45, 7) is 2.54. The summed E-state index contributed by atoms with van der Waals surface area (Å²) >= 11 is 0. The van der Waals surface area contributed by atoms with Gasteiger partial charge in [-0.25, -0.2) is 19.0 Å². The SMILES string of the molecule is CCc1nn(C)c2nc(-c3ccc(C#N)cc3)nc(NCc3ccc(F)cc3)c12. The molecule has 29 heavy (non-hydrogen) atoms. The summed E-state index contributed by atoms with van der Waals surface area (Å²) in [5.74, 6) is 0.972. The number of fused-ring (bicyclic) bond motifs is 1. The average molecular weight is 386 g/mol. The van der Waals surface area contributed by atoms with Crippen molar-refractivity contribution in [2.24, 2.45) is 7.05 Å². The fraction of sp³-hybridized carbons (Fsp3) is 0.182. The number of rotatable bonds is 5. The van der Waals surface area contributed by atoms with Gasteiger partial charge in [-0.15, -0.1) is 0 Å².